The molecule has 1 saturated carbocycles. The molecule has 1 saturated heterocycles. The SMILES string of the molecule is CC1(C(=O)O)CCN(c2cc(NCC3CC3)ncn2)C1. The zero-order chi connectivity index (χ0) is 14.2. The second-order valence-corrected chi connectivity index (χ2v) is 6.12. The van der Waals surface area contributed by atoms with Gasteiger partial charge in [0.2, 0.25) is 0 Å². The molecule has 0 spiro atoms. The molecule has 6 heteroatoms. The summed E-state index contributed by atoms with van der Waals surface area (Å²) in [6.07, 6.45) is 4.79. The number of rotatable bonds is 5. The monoisotopic (exact) mass is 276 g/mol. The lowest BCUT2D eigenvalue weighted by molar-refractivity contribution is -0.146. The van der Waals surface area contributed by atoms with Gasteiger partial charge in [0.1, 0.15) is 18.0 Å². The van der Waals surface area contributed by atoms with E-state index < -0.39 is 11.4 Å². The number of carbonyl (C=O) groups is 1. The van der Waals surface area contributed by atoms with E-state index in [1.807, 2.05) is 11.0 Å². The van der Waals surface area contributed by atoms with E-state index in [1.54, 1.807) is 13.3 Å². The normalized spacial score (nSPS) is 25.8. The van der Waals surface area contributed by atoms with Gasteiger partial charge in [-0.05, 0) is 32.1 Å². The van der Waals surface area contributed by atoms with Gasteiger partial charge in [-0.2, -0.15) is 0 Å². The summed E-state index contributed by atoms with van der Waals surface area (Å²) in [4.78, 5) is 21.8. The van der Waals surface area contributed by atoms with Gasteiger partial charge in [0.25, 0.3) is 0 Å². The number of carboxylic acid groups (broad SMARTS) is 1. The van der Waals surface area contributed by atoms with Crippen LogP contribution in [-0.2, 0) is 4.79 Å². The largest absolute Gasteiger partial charge is 0.481 e. The standard InChI is InChI=1S/C14H20N4O2/c1-14(13(19)20)4-5-18(8-14)12-6-11(16-9-17-12)15-7-10-2-3-10/h6,9-10H,2-5,7-8H2,1H3,(H,19,20)(H,15,16,17). The Labute approximate surface area is 118 Å². The van der Waals surface area contributed by atoms with E-state index in [0.29, 0.717) is 13.0 Å². The molecular weight excluding hydrogens is 256 g/mol. The Kier molecular flexibility index (Phi) is 3.23. The van der Waals surface area contributed by atoms with E-state index in [9.17, 15) is 9.90 Å². The number of nitrogens with one attached hydrogen (secondary N) is 1. The van der Waals surface area contributed by atoms with Crippen molar-refractivity contribution in [3.05, 3.63) is 12.4 Å². The third kappa shape index (κ3) is 2.69. The summed E-state index contributed by atoms with van der Waals surface area (Å²) in [5.74, 6) is 1.69. The molecule has 1 atom stereocenters. The first-order valence-corrected chi connectivity index (χ1v) is 7.11. The van der Waals surface area contributed by atoms with E-state index in [2.05, 4.69) is 15.3 Å². The zero-order valence-corrected chi connectivity index (χ0v) is 11.7. The molecule has 1 aliphatic carbocycles. The highest BCUT2D eigenvalue weighted by molar-refractivity contribution is 5.76. The maximum absolute atomic E-state index is 11.3. The second-order valence-electron chi connectivity index (χ2n) is 6.12. The fourth-order valence-electron chi connectivity index (χ4n) is 2.52. The van der Waals surface area contributed by atoms with Crippen molar-refractivity contribution in [1.29, 1.82) is 0 Å². The van der Waals surface area contributed by atoms with Crippen molar-refractivity contribution in [3.8, 4) is 0 Å². The molecule has 6 nitrogen and oxygen atoms in total. The van der Waals surface area contributed by atoms with Gasteiger partial charge in [-0.25, -0.2) is 9.97 Å². The first-order chi connectivity index (χ1) is 9.57. The van der Waals surface area contributed by atoms with Crippen LogP contribution in [0.15, 0.2) is 12.4 Å². The molecule has 0 aromatic carbocycles. The van der Waals surface area contributed by atoms with Crippen LogP contribution in [0.25, 0.3) is 0 Å². The number of aliphatic carboxylic acids is 1. The summed E-state index contributed by atoms with van der Waals surface area (Å²) in [6.45, 7) is 3.98. The number of carboxylic acids is 1. The summed E-state index contributed by atoms with van der Waals surface area (Å²) in [5, 5.41) is 12.6. The molecule has 0 bridgehead atoms. The van der Waals surface area contributed by atoms with Crippen LogP contribution in [0.2, 0.25) is 0 Å². The van der Waals surface area contributed by atoms with Crippen molar-refractivity contribution < 1.29 is 9.90 Å². The fourth-order valence-corrected chi connectivity index (χ4v) is 2.52. The van der Waals surface area contributed by atoms with Crippen LogP contribution in [0.5, 0.6) is 0 Å². The lowest BCUT2D eigenvalue weighted by Gasteiger charge is -2.21. The Bertz CT molecular complexity index is 518. The number of hydrogen-bond acceptors (Lipinski definition) is 5. The van der Waals surface area contributed by atoms with Crippen LogP contribution in [0, 0.1) is 11.3 Å². The molecule has 20 heavy (non-hydrogen) atoms. The van der Waals surface area contributed by atoms with Gasteiger partial charge < -0.3 is 15.3 Å². The summed E-state index contributed by atoms with van der Waals surface area (Å²) in [6, 6.07) is 1.91. The van der Waals surface area contributed by atoms with E-state index in [1.165, 1.54) is 12.8 Å². The summed E-state index contributed by atoms with van der Waals surface area (Å²) in [5.41, 5.74) is -0.674. The fraction of sp³-hybridized carbons (Fsp3) is 0.643. The third-order valence-electron chi connectivity index (χ3n) is 4.24. The molecular formula is C14H20N4O2. The van der Waals surface area contributed by atoms with Gasteiger partial charge >= 0.3 is 5.97 Å². The van der Waals surface area contributed by atoms with Gasteiger partial charge in [0.15, 0.2) is 0 Å². The van der Waals surface area contributed by atoms with E-state index in [-0.39, 0.29) is 0 Å². The zero-order valence-electron chi connectivity index (χ0n) is 11.7. The smallest absolute Gasteiger partial charge is 0.311 e. The first-order valence-electron chi connectivity index (χ1n) is 7.11. The topological polar surface area (TPSA) is 78.4 Å². The van der Waals surface area contributed by atoms with Crippen molar-refractivity contribution >= 4 is 17.6 Å². The van der Waals surface area contributed by atoms with Gasteiger partial charge in [0, 0.05) is 25.7 Å². The van der Waals surface area contributed by atoms with Crippen LogP contribution >= 0.6 is 0 Å². The summed E-state index contributed by atoms with van der Waals surface area (Å²) in [7, 11) is 0. The minimum atomic E-state index is -0.735. The predicted molar refractivity (Wildman–Crippen MR) is 75.8 cm³/mol. The van der Waals surface area contributed by atoms with Crippen LogP contribution in [0.1, 0.15) is 26.2 Å². The second kappa shape index (κ2) is 4.92. The molecule has 2 fully saturated rings. The molecule has 3 rings (SSSR count). The highest BCUT2D eigenvalue weighted by atomic mass is 16.4. The van der Waals surface area contributed by atoms with Gasteiger partial charge in [-0.15, -0.1) is 0 Å². The van der Waals surface area contributed by atoms with Crippen LogP contribution in [0.4, 0.5) is 11.6 Å². The average molecular weight is 276 g/mol. The van der Waals surface area contributed by atoms with E-state index >= 15 is 0 Å². The van der Waals surface area contributed by atoms with Crippen molar-refractivity contribution in [1.82, 2.24) is 9.97 Å². The Morgan fingerprint density at radius 1 is 1.55 bits per heavy atom. The highest BCUT2D eigenvalue weighted by Gasteiger charge is 2.40. The molecule has 2 N–H and O–H groups in total. The van der Waals surface area contributed by atoms with Crippen molar-refractivity contribution in [2.45, 2.75) is 26.2 Å². The Morgan fingerprint density at radius 3 is 3.00 bits per heavy atom. The molecule has 1 aromatic heterocycles. The maximum Gasteiger partial charge on any atom is 0.311 e. The maximum atomic E-state index is 11.3. The van der Waals surface area contributed by atoms with Gasteiger partial charge in [-0.1, -0.05) is 0 Å². The molecule has 1 aromatic rings. The molecule has 2 aliphatic rings. The minimum absolute atomic E-state index is 0.501. The van der Waals surface area contributed by atoms with Crippen molar-refractivity contribution in [2.24, 2.45) is 11.3 Å². The molecule has 1 aliphatic heterocycles. The minimum Gasteiger partial charge on any atom is -0.481 e. The van der Waals surface area contributed by atoms with Gasteiger partial charge in [-0.3, -0.25) is 4.79 Å². The quantitative estimate of drug-likeness (QED) is 0.850. The van der Waals surface area contributed by atoms with Crippen molar-refractivity contribution in [2.75, 3.05) is 29.9 Å². The number of aromatic nitrogens is 2. The van der Waals surface area contributed by atoms with Crippen LogP contribution in [0.3, 0.4) is 0 Å². The number of anilines is 2. The molecule has 108 valence electrons. The molecule has 0 amide bonds. The third-order valence-corrected chi connectivity index (χ3v) is 4.24. The molecule has 0 radical (unpaired) electrons. The lowest BCUT2D eigenvalue weighted by Crippen LogP contribution is -2.32. The van der Waals surface area contributed by atoms with Crippen molar-refractivity contribution in [3.63, 3.8) is 0 Å². The number of nitrogens with zero attached hydrogens (tertiary/aromatic N) is 3. The lowest BCUT2D eigenvalue weighted by atomic mass is 9.90. The average Bonchev–Trinajstić information content (AvgIpc) is 3.18. The Balaban J connectivity index is 1.67. The Morgan fingerprint density at radius 2 is 2.35 bits per heavy atom. The molecule has 1 unspecified atom stereocenters. The van der Waals surface area contributed by atoms with E-state index in [4.69, 9.17) is 0 Å². The Hall–Kier alpha value is -1.85. The first kappa shape index (κ1) is 13.1. The van der Waals surface area contributed by atoms with Crippen LogP contribution < -0.4 is 10.2 Å². The summed E-state index contributed by atoms with van der Waals surface area (Å²) >= 11 is 0. The van der Waals surface area contributed by atoms with Gasteiger partial charge in [0.05, 0.1) is 5.41 Å². The van der Waals surface area contributed by atoms with Crippen LogP contribution in [-0.4, -0.2) is 40.7 Å². The predicted octanol–water partition coefficient (Wildman–Crippen LogP) is 1.60. The van der Waals surface area contributed by atoms with E-state index in [0.717, 1.165) is 30.6 Å². The summed E-state index contributed by atoms with van der Waals surface area (Å²) < 4.78 is 0. The number of hydrogen-bond donors (Lipinski definition) is 2. The molecule has 2 heterocycles. The highest BCUT2D eigenvalue weighted by Crippen LogP contribution is 2.33.